The molecule has 7 nitrogen and oxygen atoms in total. The molecule has 0 spiro atoms. The summed E-state index contributed by atoms with van der Waals surface area (Å²) in [5.41, 5.74) is 1.36. The average molecular weight is 410 g/mol. The number of rotatable bonds is 6. The van der Waals surface area contributed by atoms with E-state index in [1.54, 1.807) is 26.0 Å². The molecule has 1 fully saturated rings. The van der Waals surface area contributed by atoms with Crippen molar-refractivity contribution in [2.45, 2.75) is 26.9 Å². The van der Waals surface area contributed by atoms with E-state index in [9.17, 15) is 9.59 Å². The maximum Gasteiger partial charge on any atom is 0.339 e. The quantitative estimate of drug-likeness (QED) is 0.691. The summed E-state index contributed by atoms with van der Waals surface area (Å²) in [4.78, 5) is 25.7. The number of fused-ring (bicyclic) bond motifs is 1. The number of hydrogen-bond donors (Lipinski definition) is 2. The van der Waals surface area contributed by atoms with E-state index in [2.05, 4.69) is 5.32 Å². The van der Waals surface area contributed by atoms with Gasteiger partial charge in [0.2, 0.25) is 0 Å². The topological polar surface area (TPSA) is 82.2 Å². The van der Waals surface area contributed by atoms with Crippen LogP contribution in [0.2, 0.25) is 5.02 Å². The van der Waals surface area contributed by atoms with Crippen molar-refractivity contribution >= 4 is 28.5 Å². The van der Waals surface area contributed by atoms with E-state index in [4.69, 9.17) is 25.5 Å². The highest BCUT2D eigenvalue weighted by Crippen LogP contribution is 2.32. The number of ether oxygens (including phenoxy) is 2. The third kappa shape index (κ3) is 4.66. The van der Waals surface area contributed by atoms with E-state index in [0.717, 1.165) is 43.8 Å². The second-order valence-corrected chi connectivity index (χ2v) is 7.49. The van der Waals surface area contributed by atoms with E-state index in [1.165, 1.54) is 4.90 Å². The summed E-state index contributed by atoms with van der Waals surface area (Å²) in [6, 6.07) is 3.26. The smallest absolute Gasteiger partial charge is 0.339 e. The Kier molecular flexibility index (Phi) is 6.59. The molecule has 1 aliphatic rings. The second-order valence-electron chi connectivity index (χ2n) is 7.08. The highest BCUT2D eigenvalue weighted by molar-refractivity contribution is 6.32. The van der Waals surface area contributed by atoms with Crippen LogP contribution in [-0.2, 0) is 9.53 Å². The van der Waals surface area contributed by atoms with Crippen molar-refractivity contribution in [1.82, 2.24) is 5.32 Å². The molecule has 1 atom stereocenters. The van der Waals surface area contributed by atoms with E-state index >= 15 is 0 Å². The van der Waals surface area contributed by atoms with Gasteiger partial charge in [-0.1, -0.05) is 11.6 Å². The summed E-state index contributed by atoms with van der Waals surface area (Å²) < 4.78 is 16.4. The number of quaternary nitrogens is 1. The highest BCUT2D eigenvalue weighted by Gasteiger charge is 2.19. The molecule has 3 rings (SSSR count). The summed E-state index contributed by atoms with van der Waals surface area (Å²) >= 11 is 6.33. The SMILES string of the molecule is Cc1c(C)c2cc(Cl)c(O[C@H](C)C(=O)NCC[NH+]3CCOCC3)cc2oc1=O. The van der Waals surface area contributed by atoms with Crippen LogP contribution in [0.15, 0.2) is 21.3 Å². The Morgan fingerprint density at radius 2 is 2.00 bits per heavy atom. The van der Waals surface area contributed by atoms with Crippen molar-refractivity contribution in [1.29, 1.82) is 0 Å². The molecular weight excluding hydrogens is 384 g/mol. The fourth-order valence-electron chi connectivity index (χ4n) is 3.19. The van der Waals surface area contributed by atoms with E-state index in [0.29, 0.717) is 28.5 Å². The lowest BCUT2D eigenvalue weighted by Crippen LogP contribution is -3.14. The molecule has 1 aliphatic heterocycles. The lowest BCUT2D eigenvalue weighted by molar-refractivity contribution is -0.906. The van der Waals surface area contributed by atoms with E-state index in [1.807, 2.05) is 6.92 Å². The molecule has 0 saturated carbocycles. The van der Waals surface area contributed by atoms with Gasteiger partial charge in [0.1, 0.15) is 24.4 Å². The number of aryl methyl sites for hydroxylation is 1. The van der Waals surface area contributed by atoms with Gasteiger partial charge < -0.3 is 24.1 Å². The van der Waals surface area contributed by atoms with E-state index < -0.39 is 11.7 Å². The first-order valence-corrected chi connectivity index (χ1v) is 9.84. The number of morpholine rings is 1. The Bertz CT molecular complexity index is 921. The average Bonchev–Trinajstić information content (AvgIpc) is 2.68. The van der Waals surface area contributed by atoms with Crippen LogP contribution in [0.25, 0.3) is 11.0 Å². The van der Waals surface area contributed by atoms with Gasteiger partial charge in [0.05, 0.1) is 31.3 Å². The van der Waals surface area contributed by atoms with Crippen LogP contribution in [0.4, 0.5) is 0 Å². The van der Waals surface area contributed by atoms with Crippen molar-refractivity contribution in [3.8, 4) is 5.75 Å². The highest BCUT2D eigenvalue weighted by atomic mass is 35.5. The Balaban J connectivity index is 1.64. The molecule has 1 aromatic carbocycles. The molecule has 0 bridgehead atoms. The molecule has 2 N–H and O–H groups in total. The lowest BCUT2D eigenvalue weighted by Gasteiger charge is -2.24. The molecule has 1 amide bonds. The predicted octanol–water partition coefficient (Wildman–Crippen LogP) is 0.862. The molecule has 152 valence electrons. The van der Waals surface area contributed by atoms with Crippen LogP contribution < -0.4 is 20.6 Å². The second kappa shape index (κ2) is 8.94. The Hall–Kier alpha value is -2.09. The maximum absolute atomic E-state index is 12.3. The third-order valence-corrected chi connectivity index (χ3v) is 5.46. The number of carbonyl (C=O) groups is 1. The van der Waals surface area contributed by atoms with Crippen molar-refractivity contribution in [2.75, 3.05) is 39.4 Å². The molecule has 0 unspecified atom stereocenters. The zero-order valence-electron chi connectivity index (χ0n) is 16.4. The van der Waals surface area contributed by atoms with Gasteiger partial charge in [-0.25, -0.2) is 4.79 Å². The first-order valence-electron chi connectivity index (χ1n) is 9.46. The van der Waals surface area contributed by atoms with Crippen LogP contribution >= 0.6 is 11.6 Å². The number of nitrogens with one attached hydrogen (secondary N) is 2. The van der Waals surface area contributed by atoms with Gasteiger partial charge in [0.15, 0.2) is 6.10 Å². The summed E-state index contributed by atoms with van der Waals surface area (Å²) in [5, 5.41) is 4.00. The van der Waals surface area contributed by atoms with Crippen molar-refractivity contribution in [3.05, 3.63) is 38.7 Å². The van der Waals surface area contributed by atoms with Gasteiger partial charge in [0, 0.05) is 17.0 Å². The molecular formula is C20H26ClN2O5+. The fraction of sp³-hybridized carbons (Fsp3) is 0.500. The minimum absolute atomic E-state index is 0.217. The van der Waals surface area contributed by atoms with Crippen molar-refractivity contribution in [3.63, 3.8) is 0 Å². The minimum atomic E-state index is -0.729. The number of benzene rings is 1. The Labute approximate surface area is 168 Å². The van der Waals surface area contributed by atoms with Crippen molar-refractivity contribution < 1.29 is 23.6 Å². The molecule has 8 heteroatoms. The number of amides is 1. The molecule has 1 saturated heterocycles. The van der Waals surface area contributed by atoms with Gasteiger partial charge in [-0.2, -0.15) is 0 Å². The molecule has 0 radical (unpaired) electrons. The van der Waals surface area contributed by atoms with Crippen LogP contribution in [0.5, 0.6) is 5.75 Å². The Morgan fingerprint density at radius 3 is 2.71 bits per heavy atom. The summed E-state index contributed by atoms with van der Waals surface area (Å²) in [5.74, 6) is 0.0902. The molecule has 28 heavy (non-hydrogen) atoms. The normalized spacial score (nSPS) is 16.1. The van der Waals surface area contributed by atoms with Gasteiger partial charge in [0.25, 0.3) is 5.91 Å². The first-order chi connectivity index (χ1) is 13.4. The van der Waals surface area contributed by atoms with Gasteiger partial charge in [-0.05, 0) is 32.4 Å². The molecule has 2 heterocycles. The zero-order valence-corrected chi connectivity index (χ0v) is 17.1. The van der Waals surface area contributed by atoms with Gasteiger partial charge in [-0.15, -0.1) is 0 Å². The predicted molar refractivity (Wildman–Crippen MR) is 106 cm³/mol. The zero-order chi connectivity index (χ0) is 20.3. The maximum atomic E-state index is 12.3. The summed E-state index contributed by atoms with van der Waals surface area (Å²) in [7, 11) is 0. The third-order valence-electron chi connectivity index (χ3n) is 5.16. The van der Waals surface area contributed by atoms with Crippen LogP contribution in [0.3, 0.4) is 0 Å². The Morgan fingerprint density at radius 1 is 1.29 bits per heavy atom. The standard InChI is InChI=1S/C20H25ClN2O5/c1-12-13(2)20(25)28-17-11-18(16(21)10-15(12)17)27-14(3)19(24)22-4-5-23-6-8-26-9-7-23/h10-11,14H,4-9H2,1-3H3,(H,22,24)/p+1/t14-/m1/s1. The van der Waals surface area contributed by atoms with Crippen LogP contribution in [-0.4, -0.2) is 51.4 Å². The van der Waals surface area contributed by atoms with Crippen molar-refractivity contribution in [2.24, 2.45) is 0 Å². The molecule has 1 aromatic heterocycles. The minimum Gasteiger partial charge on any atom is -0.479 e. The van der Waals surface area contributed by atoms with Crippen LogP contribution in [0, 0.1) is 13.8 Å². The first kappa shape index (κ1) is 20.6. The molecule has 0 aliphatic carbocycles. The summed E-state index contributed by atoms with van der Waals surface area (Å²) in [6.07, 6.45) is -0.729. The molecule has 2 aromatic rings. The number of carbonyl (C=O) groups excluding carboxylic acids is 1. The number of hydrogen-bond acceptors (Lipinski definition) is 5. The fourth-order valence-corrected chi connectivity index (χ4v) is 3.40. The van der Waals surface area contributed by atoms with Gasteiger partial charge >= 0.3 is 5.63 Å². The number of halogens is 1. The summed E-state index contributed by atoms with van der Waals surface area (Å²) in [6.45, 7) is 10.1. The van der Waals surface area contributed by atoms with Crippen LogP contribution in [0.1, 0.15) is 18.1 Å². The monoisotopic (exact) mass is 409 g/mol. The van der Waals surface area contributed by atoms with E-state index in [-0.39, 0.29) is 5.91 Å². The largest absolute Gasteiger partial charge is 0.479 e. The van der Waals surface area contributed by atoms with Gasteiger partial charge in [-0.3, -0.25) is 4.79 Å². The lowest BCUT2D eigenvalue weighted by atomic mass is 10.1.